The number of nitrogens with one attached hydrogen (secondary N) is 1. The summed E-state index contributed by atoms with van der Waals surface area (Å²) < 4.78 is 5.27. The van der Waals surface area contributed by atoms with Gasteiger partial charge in [-0.1, -0.05) is 18.2 Å². The lowest BCUT2D eigenvalue weighted by Crippen LogP contribution is -2.41. The van der Waals surface area contributed by atoms with Crippen LogP contribution in [0, 0.1) is 0 Å². The van der Waals surface area contributed by atoms with Gasteiger partial charge in [-0.05, 0) is 23.6 Å². The van der Waals surface area contributed by atoms with Crippen LogP contribution < -0.4 is 5.32 Å². The fraction of sp³-hybridized carbons (Fsp3) is 0.250. The van der Waals surface area contributed by atoms with E-state index < -0.39 is 0 Å². The molecule has 0 bridgehead atoms. The van der Waals surface area contributed by atoms with E-state index in [0.29, 0.717) is 42.4 Å². The van der Waals surface area contributed by atoms with E-state index in [4.69, 9.17) is 4.74 Å². The van der Waals surface area contributed by atoms with Gasteiger partial charge in [-0.3, -0.25) is 9.59 Å². The van der Waals surface area contributed by atoms with Crippen molar-refractivity contribution in [2.45, 2.75) is 0 Å². The molecule has 1 aromatic heterocycles. The quantitative estimate of drug-likeness (QED) is 0.946. The molecule has 1 aliphatic heterocycles. The van der Waals surface area contributed by atoms with Gasteiger partial charge in [0.25, 0.3) is 11.8 Å². The van der Waals surface area contributed by atoms with E-state index in [-0.39, 0.29) is 11.8 Å². The average molecular weight is 316 g/mol. The molecule has 0 unspecified atom stereocenters. The number of rotatable bonds is 3. The van der Waals surface area contributed by atoms with Crippen molar-refractivity contribution in [1.29, 1.82) is 0 Å². The monoisotopic (exact) mass is 316 g/mol. The van der Waals surface area contributed by atoms with Crippen molar-refractivity contribution in [3.63, 3.8) is 0 Å². The minimum absolute atomic E-state index is 0.0784. The summed E-state index contributed by atoms with van der Waals surface area (Å²) in [5.41, 5.74) is 1.05. The van der Waals surface area contributed by atoms with Gasteiger partial charge in [0.2, 0.25) is 0 Å². The van der Waals surface area contributed by atoms with Gasteiger partial charge in [0.1, 0.15) is 0 Å². The lowest BCUT2D eigenvalue weighted by atomic mass is 10.1. The van der Waals surface area contributed by atoms with E-state index in [1.165, 1.54) is 11.3 Å². The van der Waals surface area contributed by atoms with E-state index in [1.807, 2.05) is 11.4 Å². The molecule has 0 radical (unpaired) electrons. The molecule has 114 valence electrons. The third kappa shape index (κ3) is 3.18. The highest BCUT2D eigenvalue weighted by Crippen LogP contribution is 2.20. The van der Waals surface area contributed by atoms with Gasteiger partial charge in [-0.2, -0.15) is 0 Å². The van der Waals surface area contributed by atoms with Crippen LogP contribution in [0.4, 0.5) is 5.69 Å². The Hall–Kier alpha value is -2.18. The zero-order valence-corrected chi connectivity index (χ0v) is 12.8. The van der Waals surface area contributed by atoms with Crippen LogP contribution in [-0.2, 0) is 4.74 Å². The number of benzene rings is 1. The second-order valence-electron chi connectivity index (χ2n) is 4.88. The van der Waals surface area contributed by atoms with E-state index >= 15 is 0 Å². The van der Waals surface area contributed by atoms with Gasteiger partial charge < -0.3 is 15.0 Å². The lowest BCUT2D eigenvalue weighted by molar-refractivity contribution is 0.0303. The number of hydrogen-bond acceptors (Lipinski definition) is 4. The van der Waals surface area contributed by atoms with Crippen LogP contribution in [-0.4, -0.2) is 43.0 Å². The van der Waals surface area contributed by atoms with Crippen LogP contribution >= 0.6 is 11.3 Å². The van der Waals surface area contributed by atoms with Gasteiger partial charge in [0.05, 0.1) is 29.3 Å². The van der Waals surface area contributed by atoms with Gasteiger partial charge in [0.15, 0.2) is 0 Å². The number of nitrogens with zero attached hydrogens (tertiary/aromatic N) is 1. The SMILES string of the molecule is O=C(Nc1ccccc1C(=O)N1CCOCC1)c1cccs1. The molecule has 1 aliphatic rings. The van der Waals surface area contributed by atoms with Crippen LogP contribution in [0.1, 0.15) is 20.0 Å². The lowest BCUT2D eigenvalue weighted by Gasteiger charge is -2.27. The Morgan fingerprint density at radius 3 is 2.59 bits per heavy atom. The summed E-state index contributed by atoms with van der Waals surface area (Å²) in [4.78, 5) is 27.2. The second kappa shape index (κ2) is 6.72. The molecule has 2 heterocycles. The highest BCUT2D eigenvalue weighted by atomic mass is 32.1. The molecule has 1 aromatic carbocycles. The third-order valence-corrected chi connectivity index (χ3v) is 4.32. The topological polar surface area (TPSA) is 58.6 Å². The molecule has 0 aliphatic carbocycles. The molecule has 5 nitrogen and oxygen atoms in total. The maximum Gasteiger partial charge on any atom is 0.265 e. The van der Waals surface area contributed by atoms with Crippen molar-refractivity contribution < 1.29 is 14.3 Å². The number of carbonyl (C=O) groups is 2. The fourth-order valence-corrected chi connectivity index (χ4v) is 2.93. The maximum atomic E-state index is 12.6. The molecule has 1 saturated heterocycles. The number of carbonyl (C=O) groups excluding carboxylic acids is 2. The van der Waals surface area contributed by atoms with Crippen molar-refractivity contribution in [2.75, 3.05) is 31.6 Å². The van der Waals surface area contributed by atoms with Crippen LogP contribution in [0.5, 0.6) is 0 Å². The van der Waals surface area contributed by atoms with Crippen molar-refractivity contribution >= 4 is 28.8 Å². The minimum atomic E-state index is -0.197. The van der Waals surface area contributed by atoms with E-state index in [1.54, 1.807) is 35.2 Å². The summed E-state index contributed by atoms with van der Waals surface area (Å²) in [6.45, 7) is 2.25. The molecular formula is C16H16N2O3S. The van der Waals surface area contributed by atoms with Crippen molar-refractivity contribution in [3.05, 3.63) is 52.2 Å². The molecule has 3 rings (SSSR count). The second-order valence-corrected chi connectivity index (χ2v) is 5.83. The van der Waals surface area contributed by atoms with Gasteiger partial charge in [0, 0.05) is 13.1 Å². The fourth-order valence-electron chi connectivity index (χ4n) is 2.31. The Labute approximate surface area is 132 Å². The number of thiophene rings is 1. The number of anilines is 1. The first-order valence-electron chi connectivity index (χ1n) is 7.06. The van der Waals surface area contributed by atoms with Crippen LogP contribution in [0.3, 0.4) is 0 Å². The Kier molecular flexibility index (Phi) is 4.50. The molecule has 6 heteroatoms. The normalized spacial score (nSPS) is 14.6. The minimum Gasteiger partial charge on any atom is -0.378 e. The summed E-state index contributed by atoms with van der Waals surface area (Å²) in [7, 11) is 0. The van der Waals surface area contributed by atoms with Crippen LogP contribution in [0.25, 0.3) is 0 Å². The molecule has 0 saturated carbocycles. The van der Waals surface area contributed by atoms with E-state index in [2.05, 4.69) is 5.32 Å². The molecule has 0 atom stereocenters. The van der Waals surface area contributed by atoms with Gasteiger partial charge in [-0.25, -0.2) is 0 Å². The summed E-state index contributed by atoms with van der Waals surface area (Å²) >= 11 is 1.37. The molecule has 22 heavy (non-hydrogen) atoms. The largest absolute Gasteiger partial charge is 0.378 e. The predicted molar refractivity (Wildman–Crippen MR) is 85.4 cm³/mol. The number of ether oxygens (including phenoxy) is 1. The first kappa shape index (κ1) is 14.7. The van der Waals surface area contributed by atoms with Gasteiger partial charge >= 0.3 is 0 Å². The van der Waals surface area contributed by atoms with Crippen LogP contribution in [0.2, 0.25) is 0 Å². The molecule has 1 N–H and O–H groups in total. The van der Waals surface area contributed by atoms with E-state index in [9.17, 15) is 9.59 Å². The first-order chi connectivity index (χ1) is 10.8. The van der Waals surface area contributed by atoms with Crippen molar-refractivity contribution in [3.8, 4) is 0 Å². The Morgan fingerprint density at radius 2 is 1.86 bits per heavy atom. The third-order valence-electron chi connectivity index (χ3n) is 3.45. The number of hydrogen-bond donors (Lipinski definition) is 1. The van der Waals surface area contributed by atoms with E-state index in [0.717, 1.165) is 0 Å². The first-order valence-corrected chi connectivity index (χ1v) is 7.94. The van der Waals surface area contributed by atoms with Gasteiger partial charge in [-0.15, -0.1) is 11.3 Å². The smallest absolute Gasteiger partial charge is 0.265 e. The highest BCUT2D eigenvalue weighted by Gasteiger charge is 2.21. The summed E-state index contributed by atoms with van der Waals surface area (Å²) in [5, 5.41) is 4.67. The van der Waals surface area contributed by atoms with Crippen molar-refractivity contribution in [1.82, 2.24) is 4.90 Å². The summed E-state index contributed by atoms with van der Waals surface area (Å²) in [5.74, 6) is -0.275. The maximum absolute atomic E-state index is 12.6. The molecule has 0 spiro atoms. The number of morpholine rings is 1. The number of amides is 2. The highest BCUT2D eigenvalue weighted by molar-refractivity contribution is 7.12. The Bertz CT molecular complexity index is 664. The summed E-state index contributed by atoms with van der Waals surface area (Å²) in [6.07, 6.45) is 0. The zero-order valence-electron chi connectivity index (χ0n) is 12.0. The zero-order chi connectivity index (χ0) is 15.4. The molecule has 2 aromatic rings. The molecular weight excluding hydrogens is 300 g/mol. The predicted octanol–water partition coefficient (Wildman–Crippen LogP) is 2.47. The van der Waals surface area contributed by atoms with Crippen LogP contribution in [0.15, 0.2) is 41.8 Å². The Balaban J connectivity index is 1.80. The average Bonchev–Trinajstić information content (AvgIpc) is 3.10. The molecule has 1 fully saturated rings. The molecule has 2 amide bonds. The Morgan fingerprint density at radius 1 is 1.09 bits per heavy atom. The standard InChI is InChI=1S/C16H16N2O3S/c19-15(14-6-3-11-22-14)17-13-5-2-1-4-12(13)16(20)18-7-9-21-10-8-18/h1-6,11H,7-10H2,(H,17,19). The van der Waals surface area contributed by atoms with Crippen molar-refractivity contribution in [2.24, 2.45) is 0 Å². The summed E-state index contributed by atoms with van der Waals surface area (Å²) in [6, 6.07) is 10.7. The number of para-hydroxylation sites is 1.